The Balaban J connectivity index is 2.15. The van der Waals surface area contributed by atoms with E-state index in [-0.39, 0.29) is 5.75 Å². The zero-order chi connectivity index (χ0) is 13.8. The van der Waals surface area contributed by atoms with Crippen molar-refractivity contribution in [3.8, 4) is 5.75 Å². The van der Waals surface area contributed by atoms with Crippen LogP contribution in [0.4, 0.5) is 5.69 Å². The molecule has 2 rings (SSSR count). The zero-order valence-electron chi connectivity index (χ0n) is 9.57. The Morgan fingerprint density at radius 1 is 1.16 bits per heavy atom. The summed E-state index contributed by atoms with van der Waals surface area (Å²) in [6, 6.07) is 11.3. The number of halogens is 3. The Hall–Kier alpha value is -0.600. The predicted octanol–water partition coefficient (Wildman–Crippen LogP) is 4.97. The lowest BCUT2D eigenvalue weighted by atomic mass is 10.2. The van der Waals surface area contributed by atoms with Crippen molar-refractivity contribution in [1.82, 2.24) is 0 Å². The standard InChI is InChI=1S/C13H9Br2IN2O/c14-9-2-1-3-11(5-9)18-17-7-8-4-10(15)6-12(16)13(8)19/h1-7,18-19H/b17-7-. The number of nitrogens with one attached hydrogen (secondary N) is 1. The van der Waals surface area contributed by atoms with Gasteiger partial charge in [0.2, 0.25) is 0 Å². The molecule has 6 heteroatoms. The zero-order valence-corrected chi connectivity index (χ0v) is 14.9. The van der Waals surface area contributed by atoms with E-state index in [4.69, 9.17) is 0 Å². The van der Waals surface area contributed by atoms with E-state index in [2.05, 4.69) is 65.0 Å². The quantitative estimate of drug-likeness (QED) is 0.359. The first-order chi connectivity index (χ1) is 9.06. The van der Waals surface area contributed by atoms with Crippen LogP contribution in [0.3, 0.4) is 0 Å². The monoisotopic (exact) mass is 494 g/mol. The molecule has 0 radical (unpaired) electrons. The van der Waals surface area contributed by atoms with Crippen molar-refractivity contribution in [2.24, 2.45) is 5.10 Å². The van der Waals surface area contributed by atoms with Gasteiger partial charge in [0.15, 0.2) is 0 Å². The number of hydrazone groups is 1. The molecule has 0 spiro atoms. The van der Waals surface area contributed by atoms with Gasteiger partial charge in [-0.15, -0.1) is 0 Å². The Bertz CT molecular complexity index is 632. The molecule has 2 aromatic carbocycles. The van der Waals surface area contributed by atoms with Gasteiger partial charge in [-0.2, -0.15) is 5.10 Å². The van der Waals surface area contributed by atoms with Gasteiger partial charge in [-0.05, 0) is 52.9 Å². The van der Waals surface area contributed by atoms with Gasteiger partial charge in [0.25, 0.3) is 0 Å². The Morgan fingerprint density at radius 2 is 1.95 bits per heavy atom. The maximum atomic E-state index is 9.91. The van der Waals surface area contributed by atoms with Crippen LogP contribution in [0.15, 0.2) is 50.4 Å². The summed E-state index contributed by atoms with van der Waals surface area (Å²) in [4.78, 5) is 0. The number of hydrogen-bond donors (Lipinski definition) is 2. The lowest BCUT2D eigenvalue weighted by Gasteiger charge is -2.03. The summed E-state index contributed by atoms with van der Waals surface area (Å²) >= 11 is 8.85. The van der Waals surface area contributed by atoms with E-state index in [0.717, 1.165) is 18.2 Å². The smallest absolute Gasteiger partial charge is 0.137 e. The van der Waals surface area contributed by atoms with E-state index in [0.29, 0.717) is 5.56 Å². The van der Waals surface area contributed by atoms with Crippen LogP contribution in [0.2, 0.25) is 0 Å². The number of hydrogen-bond acceptors (Lipinski definition) is 3. The molecular formula is C13H9Br2IN2O. The van der Waals surface area contributed by atoms with Gasteiger partial charge in [0.1, 0.15) is 5.75 Å². The summed E-state index contributed by atoms with van der Waals surface area (Å²) in [5, 5.41) is 14.0. The van der Waals surface area contributed by atoms with Crippen molar-refractivity contribution in [2.75, 3.05) is 5.43 Å². The van der Waals surface area contributed by atoms with E-state index in [9.17, 15) is 5.11 Å². The Morgan fingerprint density at radius 3 is 2.68 bits per heavy atom. The maximum absolute atomic E-state index is 9.91. The highest BCUT2D eigenvalue weighted by Crippen LogP contribution is 2.27. The lowest BCUT2D eigenvalue weighted by Crippen LogP contribution is -1.92. The molecule has 19 heavy (non-hydrogen) atoms. The number of aromatic hydroxyl groups is 1. The van der Waals surface area contributed by atoms with Crippen LogP contribution in [0, 0.1) is 3.57 Å². The average Bonchev–Trinajstić information content (AvgIpc) is 2.35. The molecule has 0 aliphatic carbocycles. The van der Waals surface area contributed by atoms with Gasteiger partial charge >= 0.3 is 0 Å². The third kappa shape index (κ3) is 4.19. The molecule has 0 amide bonds. The van der Waals surface area contributed by atoms with Gasteiger partial charge in [0.05, 0.1) is 15.5 Å². The number of benzene rings is 2. The SMILES string of the molecule is Oc1c(I)cc(Br)cc1/C=N\Nc1cccc(Br)c1. The molecule has 0 unspecified atom stereocenters. The highest BCUT2D eigenvalue weighted by Gasteiger charge is 2.04. The van der Waals surface area contributed by atoms with Gasteiger partial charge in [0, 0.05) is 14.5 Å². The van der Waals surface area contributed by atoms with Crippen molar-refractivity contribution in [1.29, 1.82) is 0 Å². The first-order valence-corrected chi connectivity index (χ1v) is 7.95. The molecule has 3 nitrogen and oxygen atoms in total. The summed E-state index contributed by atoms with van der Waals surface area (Å²) in [6.07, 6.45) is 1.59. The first kappa shape index (κ1) is 14.8. The molecule has 0 saturated heterocycles. The van der Waals surface area contributed by atoms with Crippen LogP contribution in [0.25, 0.3) is 0 Å². The lowest BCUT2D eigenvalue weighted by molar-refractivity contribution is 0.470. The second kappa shape index (κ2) is 6.71. The third-order valence-electron chi connectivity index (χ3n) is 2.28. The average molecular weight is 496 g/mol. The number of phenols is 1. The minimum absolute atomic E-state index is 0.226. The predicted molar refractivity (Wildman–Crippen MR) is 93.9 cm³/mol. The molecule has 2 aromatic rings. The van der Waals surface area contributed by atoms with E-state index in [1.165, 1.54) is 0 Å². The highest BCUT2D eigenvalue weighted by molar-refractivity contribution is 14.1. The normalized spacial score (nSPS) is 10.9. The van der Waals surface area contributed by atoms with Crippen molar-refractivity contribution in [3.05, 3.63) is 54.5 Å². The molecule has 0 atom stereocenters. The minimum Gasteiger partial charge on any atom is -0.506 e. The summed E-state index contributed by atoms with van der Waals surface area (Å²) in [7, 11) is 0. The molecule has 0 fully saturated rings. The Labute approximate surface area is 141 Å². The molecule has 2 N–H and O–H groups in total. The summed E-state index contributed by atoms with van der Waals surface area (Å²) in [5.41, 5.74) is 4.43. The molecule has 0 bridgehead atoms. The summed E-state index contributed by atoms with van der Waals surface area (Å²) in [6.45, 7) is 0. The fraction of sp³-hybridized carbons (Fsp3) is 0. The van der Waals surface area contributed by atoms with Crippen LogP contribution in [0.5, 0.6) is 5.75 Å². The van der Waals surface area contributed by atoms with Gasteiger partial charge in [-0.3, -0.25) is 5.43 Å². The fourth-order valence-corrected chi connectivity index (χ4v) is 3.37. The topological polar surface area (TPSA) is 44.6 Å². The minimum atomic E-state index is 0.226. The van der Waals surface area contributed by atoms with Crippen molar-refractivity contribution in [3.63, 3.8) is 0 Å². The van der Waals surface area contributed by atoms with E-state index < -0.39 is 0 Å². The summed E-state index contributed by atoms with van der Waals surface area (Å²) < 4.78 is 2.65. The molecule has 98 valence electrons. The second-order valence-electron chi connectivity index (χ2n) is 3.71. The molecule has 0 aliphatic rings. The second-order valence-corrected chi connectivity index (χ2v) is 6.70. The Kier molecular flexibility index (Phi) is 5.23. The van der Waals surface area contributed by atoms with Crippen LogP contribution in [-0.2, 0) is 0 Å². The number of anilines is 1. The van der Waals surface area contributed by atoms with E-state index in [1.54, 1.807) is 6.21 Å². The summed E-state index contributed by atoms with van der Waals surface area (Å²) in [5.74, 6) is 0.226. The number of rotatable bonds is 3. The maximum Gasteiger partial charge on any atom is 0.137 e. The number of phenolic OH excluding ortho intramolecular Hbond substituents is 1. The fourth-order valence-electron chi connectivity index (χ4n) is 1.42. The third-order valence-corrected chi connectivity index (χ3v) is 4.05. The largest absolute Gasteiger partial charge is 0.506 e. The molecular weight excluding hydrogens is 487 g/mol. The molecule has 0 saturated carbocycles. The van der Waals surface area contributed by atoms with E-state index >= 15 is 0 Å². The van der Waals surface area contributed by atoms with Crippen LogP contribution >= 0.6 is 54.5 Å². The van der Waals surface area contributed by atoms with Crippen LogP contribution in [0.1, 0.15) is 5.56 Å². The van der Waals surface area contributed by atoms with Crippen LogP contribution < -0.4 is 5.43 Å². The van der Waals surface area contributed by atoms with Gasteiger partial charge < -0.3 is 5.11 Å². The highest BCUT2D eigenvalue weighted by atomic mass is 127. The van der Waals surface area contributed by atoms with Crippen LogP contribution in [-0.4, -0.2) is 11.3 Å². The number of nitrogens with zero attached hydrogens (tertiary/aromatic N) is 1. The molecule has 0 aliphatic heterocycles. The van der Waals surface area contributed by atoms with Crippen molar-refractivity contribution >= 4 is 66.4 Å². The van der Waals surface area contributed by atoms with E-state index in [1.807, 2.05) is 36.4 Å². The van der Waals surface area contributed by atoms with Crippen molar-refractivity contribution in [2.45, 2.75) is 0 Å². The molecule has 0 aromatic heterocycles. The van der Waals surface area contributed by atoms with Gasteiger partial charge in [-0.25, -0.2) is 0 Å². The van der Waals surface area contributed by atoms with Gasteiger partial charge in [-0.1, -0.05) is 37.9 Å². The first-order valence-electron chi connectivity index (χ1n) is 5.29. The van der Waals surface area contributed by atoms with Crippen molar-refractivity contribution < 1.29 is 5.11 Å². The molecule has 0 heterocycles.